The van der Waals surface area contributed by atoms with Crippen molar-refractivity contribution in [1.82, 2.24) is 4.98 Å². The quantitative estimate of drug-likeness (QED) is 0.351. The molecule has 3 aromatic rings. The van der Waals surface area contributed by atoms with E-state index in [-0.39, 0.29) is 45.8 Å². The predicted octanol–water partition coefficient (Wildman–Crippen LogP) is 2.10. The fraction of sp³-hybridized carbons (Fsp3) is 0. The van der Waals surface area contributed by atoms with Gasteiger partial charge in [-0.15, -0.1) is 0 Å². The Balaban J connectivity index is -0.000000504. The van der Waals surface area contributed by atoms with E-state index in [1.165, 1.54) is 16.5 Å². The monoisotopic (exact) mass is 529 g/mol. The molecule has 0 aliphatic heterocycles. The first-order valence-electron chi connectivity index (χ1n) is 5.88. The summed E-state index contributed by atoms with van der Waals surface area (Å²) >= 11 is 0. The van der Waals surface area contributed by atoms with E-state index in [1.54, 1.807) is 0 Å². The van der Waals surface area contributed by atoms with Gasteiger partial charge in [-0.05, 0) is 17.7 Å². The summed E-state index contributed by atoms with van der Waals surface area (Å²) in [6, 6.07) is 20.7. The molecule has 2 aromatic carbocycles. The number of fused-ring (bicyclic) bond motifs is 1. The molecule has 0 amide bonds. The van der Waals surface area contributed by atoms with Crippen LogP contribution in [0.5, 0.6) is 0 Å². The number of rotatable bonds is 1. The van der Waals surface area contributed by atoms with Crippen molar-refractivity contribution < 1.29 is 38.6 Å². The van der Waals surface area contributed by atoms with Gasteiger partial charge in [0.1, 0.15) is 0 Å². The number of pyridine rings is 1. The van der Waals surface area contributed by atoms with E-state index in [9.17, 15) is 0 Å². The number of nitrogens with two attached hydrogens (primary N) is 2. The predicted molar refractivity (Wildman–Crippen MR) is 88.1 cm³/mol. The third-order valence-electron chi connectivity index (χ3n) is 2.70. The number of hydrogen-bond acceptors (Lipinski definition) is 4. The molecule has 0 aliphatic rings. The van der Waals surface area contributed by atoms with Crippen LogP contribution in [-0.4, -0.2) is 10.1 Å². The van der Waals surface area contributed by atoms with Crippen molar-refractivity contribution in [3.63, 3.8) is 0 Å². The zero-order valence-corrected chi connectivity index (χ0v) is 15.3. The largest absolute Gasteiger partial charge is 4.00 e. The van der Waals surface area contributed by atoms with Gasteiger partial charge < -0.3 is 40.0 Å². The van der Waals surface area contributed by atoms with Crippen LogP contribution < -0.4 is 12.4 Å². The molecule has 130 valence electrons. The minimum atomic E-state index is -1.75. The molecule has 0 fully saturated rings. The number of benzene rings is 2. The van der Waals surface area contributed by atoms with E-state index in [1.807, 2.05) is 42.6 Å². The van der Waals surface area contributed by atoms with Gasteiger partial charge in [0.2, 0.25) is 0 Å². The smallest absolute Gasteiger partial charge is 1.00 e. The first kappa shape index (κ1) is 26.8. The molecule has 0 saturated carbocycles. The average molecular weight is 530 g/mol. The first-order valence-corrected chi connectivity index (χ1v) is 5.88. The Morgan fingerprint density at radius 2 is 1.33 bits per heavy atom. The Bertz CT molecular complexity index is 728. The summed E-state index contributed by atoms with van der Waals surface area (Å²) in [6.07, 6.45) is 1.93. The van der Waals surface area contributed by atoms with E-state index >= 15 is 0 Å². The molecule has 0 unspecified atom stereocenters. The average Bonchev–Trinajstić information content (AvgIpc) is 2.47. The van der Waals surface area contributed by atoms with E-state index in [2.05, 4.69) is 29.2 Å². The Morgan fingerprint density at radius 3 is 1.92 bits per heavy atom. The van der Waals surface area contributed by atoms with Gasteiger partial charge in [0.05, 0.1) is 10.6 Å². The summed E-state index contributed by atoms with van der Waals surface area (Å²) in [7, 11) is 0. The fourth-order valence-electron chi connectivity index (χ4n) is 1.86. The first-order chi connectivity index (χ1) is 9.66. The van der Waals surface area contributed by atoms with E-state index in [0.717, 1.165) is 5.52 Å². The van der Waals surface area contributed by atoms with Crippen LogP contribution in [-0.2, 0) is 21.1 Å². The van der Waals surface area contributed by atoms with Gasteiger partial charge in [0, 0.05) is 17.1 Å². The van der Waals surface area contributed by atoms with Crippen molar-refractivity contribution in [3.05, 3.63) is 94.5 Å². The molecule has 0 bridgehead atoms. The summed E-state index contributed by atoms with van der Waals surface area (Å²) in [5, 5.41) is 15.9. The second-order valence-electron chi connectivity index (χ2n) is 4.01. The van der Waals surface area contributed by atoms with Gasteiger partial charge in [0.15, 0.2) is 0 Å². The summed E-state index contributed by atoms with van der Waals surface area (Å²) in [5.74, 6) is 0. The molecular formula is C15H15ClN4O3Pt. The van der Waals surface area contributed by atoms with Crippen LogP contribution in [0.4, 0.5) is 0 Å². The molecule has 0 atom stereocenters. The van der Waals surface area contributed by atoms with Gasteiger partial charge in [-0.1, -0.05) is 48.5 Å². The van der Waals surface area contributed by atoms with Gasteiger partial charge >= 0.3 is 21.1 Å². The number of nitrogens with zero attached hydrogens (tertiary/aromatic N) is 2. The van der Waals surface area contributed by atoms with E-state index in [4.69, 9.17) is 15.3 Å². The summed E-state index contributed by atoms with van der Waals surface area (Å²) in [4.78, 5) is 12.7. The van der Waals surface area contributed by atoms with Crippen molar-refractivity contribution >= 4 is 10.9 Å². The maximum Gasteiger partial charge on any atom is 4.00 e. The Morgan fingerprint density at radius 1 is 0.833 bits per heavy atom. The molecule has 0 radical (unpaired) electrons. The molecule has 7 nitrogen and oxygen atoms in total. The number of hydrogen-bond donors (Lipinski definition) is 0. The molecule has 4 N–H and O–H groups in total. The third-order valence-corrected chi connectivity index (χ3v) is 2.70. The topological polar surface area (TPSA) is 146 Å². The zero-order valence-electron chi connectivity index (χ0n) is 12.3. The van der Waals surface area contributed by atoms with Crippen LogP contribution >= 0.6 is 0 Å². The fourth-order valence-corrected chi connectivity index (χ4v) is 1.86. The molecule has 0 aliphatic carbocycles. The van der Waals surface area contributed by atoms with Crippen molar-refractivity contribution in [2.45, 2.75) is 0 Å². The molecule has 0 spiro atoms. The van der Waals surface area contributed by atoms with E-state index in [0.29, 0.717) is 0 Å². The zero-order chi connectivity index (χ0) is 14.4. The standard InChI is InChI=1S/C15H11N.ClH.NO3.2H2N.Pt/c1-2-6-12(7-3-1)14-10-13-8-4-5-9-15(13)16-11-14;;2-1(3)4;;;/h1-11H;1H;;2*1H2;/q;;3*-1;+4/p-1. The maximum atomic E-state index is 8.25. The molecule has 1 aromatic heterocycles. The van der Waals surface area contributed by atoms with Gasteiger partial charge in [-0.3, -0.25) is 4.98 Å². The molecule has 24 heavy (non-hydrogen) atoms. The Kier molecular flexibility index (Phi) is 15.0. The Hall–Kier alpha value is -2.05. The number of halogens is 1. The minimum absolute atomic E-state index is 0. The van der Waals surface area contributed by atoms with Crippen molar-refractivity contribution in [2.24, 2.45) is 0 Å². The normalized spacial score (nSPS) is 8.00. The maximum absolute atomic E-state index is 8.25. The van der Waals surface area contributed by atoms with E-state index < -0.39 is 5.09 Å². The molecule has 0 saturated heterocycles. The van der Waals surface area contributed by atoms with Crippen molar-refractivity contribution in [2.75, 3.05) is 0 Å². The summed E-state index contributed by atoms with van der Waals surface area (Å²) in [5.41, 5.74) is 3.42. The second kappa shape index (κ2) is 13.4. The van der Waals surface area contributed by atoms with Crippen LogP contribution in [0.15, 0.2) is 66.9 Å². The van der Waals surface area contributed by atoms with Crippen LogP contribution in [0.3, 0.4) is 0 Å². The van der Waals surface area contributed by atoms with Crippen LogP contribution in [0.2, 0.25) is 0 Å². The minimum Gasteiger partial charge on any atom is -1.00 e. The summed E-state index contributed by atoms with van der Waals surface area (Å²) in [6.45, 7) is 0. The van der Waals surface area contributed by atoms with Crippen LogP contribution in [0, 0.1) is 15.3 Å². The van der Waals surface area contributed by atoms with Crippen LogP contribution in [0.1, 0.15) is 0 Å². The number of aromatic nitrogens is 1. The molecular weight excluding hydrogens is 515 g/mol. The SMILES string of the molecule is O=[N+]([O-])[O-].[Cl-].[NH2-].[NH2-].[Pt+4].c1ccc(-c2cnc3ccccc3c2)cc1. The van der Waals surface area contributed by atoms with Gasteiger partial charge in [0.25, 0.3) is 0 Å². The molecule has 9 heteroatoms. The van der Waals surface area contributed by atoms with Crippen molar-refractivity contribution in [1.29, 1.82) is 0 Å². The Labute approximate surface area is 160 Å². The second-order valence-corrected chi connectivity index (χ2v) is 4.01. The molecule has 1 heterocycles. The van der Waals surface area contributed by atoms with Gasteiger partial charge in [-0.2, -0.15) is 0 Å². The number of para-hydroxylation sites is 1. The third kappa shape index (κ3) is 7.99. The summed E-state index contributed by atoms with van der Waals surface area (Å²) < 4.78 is 0. The van der Waals surface area contributed by atoms with Crippen molar-refractivity contribution in [3.8, 4) is 11.1 Å². The molecule has 3 rings (SSSR count). The van der Waals surface area contributed by atoms with Gasteiger partial charge in [-0.25, -0.2) is 0 Å². The van der Waals surface area contributed by atoms with Crippen LogP contribution in [0.25, 0.3) is 34.3 Å².